The highest BCUT2D eigenvalue weighted by atomic mass is 19.1. The standard InChI is InChI=1S/C14H16F2N2O2/c1-4-10-12(19)17-14(2,3)13(20)18(10)11-8(15)6-5-7-9(11)16/h5-7,10H,4H2,1-3H3,(H,17,19). The molecular weight excluding hydrogens is 266 g/mol. The van der Waals surface area contributed by atoms with E-state index in [0.717, 1.165) is 17.0 Å². The number of carbonyl (C=O) groups excluding carboxylic acids is 2. The van der Waals surface area contributed by atoms with Crippen molar-refractivity contribution >= 4 is 17.5 Å². The Morgan fingerprint density at radius 1 is 1.25 bits per heavy atom. The topological polar surface area (TPSA) is 49.4 Å². The van der Waals surface area contributed by atoms with Gasteiger partial charge in [0.15, 0.2) is 0 Å². The number of amides is 2. The Bertz CT molecular complexity index is 552. The van der Waals surface area contributed by atoms with Gasteiger partial charge in [-0.05, 0) is 32.4 Å². The van der Waals surface area contributed by atoms with Crippen molar-refractivity contribution in [2.24, 2.45) is 0 Å². The number of para-hydroxylation sites is 1. The summed E-state index contributed by atoms with van der Waals surface area (Å²) in [5, 5.41) is 2.57. The van der Waals surface area contributed by atoms with Gasteiger partial charge in [-0.25, -0.2) is 8.78 Å². The summed E-state index contributed by atoms with van der Waals surface area (Å²) in [6.45, 7) is 4.69. The number of nitrogens with zero attached hydrogens (tertiary/aromatic N) is 1. The van der Waals surface area contributed by atoms with Crippen LogP contribution in [0.1, 0.15) is 27.2 Å². The average molecular weight is 282 g/mol. The smallest absolute Gasteiger partial charge is 0.253 e. The molecule has 1 saturated heterocycles. The second-order valence-electron chi connectivity index (χ2n) is 5.28. The number of benzene rings is 1. The van der Waals surface area contributed by atoms with Gasteiger partial charge in [-0.3, -0.25) is 14.5 Å². The number of halogens is 2. The van der Waals surface area contributed by atoms with E-state index in [0.29, 0.717) is 0 Å². The molecule has 0 saturated carbocycles. The van der Waals surface area contributed by atoms with E-state index in [2.05, 4.69) is 5.32 Å². The van der Waals surface area contributed by atoms with Crippen LogP contribution in [0.15, 0.2) is 18.2 Å². The monoisotopic (exact) mass is 282 g/mol. The van der Waals surface area contributed by atoms with E-state index in [9.17, 15) is 18.4 Å². The van der Waals surface area contributed by atoms with E-state index in [-0.39, 0.29) is 6.42 Å². The number of hydrogen-bond acceptors (Lipinski definition) is 2. The van der Waals surface area contributed by atoms with Gasteiger partial charge in [0, 0.05) is 0 Å². The molecule has 0 aliphatic carbocycles. The van der Waals surface area contributed by atoms with Crippen molar-refractivity contribution in [3.05, 3.63) is 29.8 Å². The van der Waals surface area contributed by atoms with Crippen molar-refractivity contribution in [3.8, 4) is 0 Å². The van der Waals surface area contributed by atoms with Crippen LogP contribution < -0.4 is 10.2 Å². The zero-order valence-electron chi connectivity index (χ0n) is 11.5. The van der Waals surface area contributed by atoms with Gasteiger partial charge in [0.1, 0.15) is 28.9 Å². The molecule has 1 fully saturated rings. The maximum Gasteiger partial charge on any atom is 0.253 e. The van der Waals surface area contributed by atoms with Crippen molar-refractivity contribution in [1.29, 1.82) is 0 Å². The highest BCUT2D eigenvalue weighted by molar-refractivity contribution is 6.10. The van der Waals surface area contributed by atoms with Gasteiger partial charge >= 0.3 is 0 Å². The first-order valence-corrected chi connectivity index (χ1v) is 6.39. The van der Waals surface area contributed by atoms with E-state index in [1.807, 2.05) is 0 Å². The molecule has 1 N–H and O–H groups in total. The zero-order valence-corrected chi connectivity index (χ0v) is 11.5. The summed E-state index contributed by atoms with van der Waals surface area (Å²) < 4.78 is 27.9. The normalized spacial score (nSPS) is 21.9. The Hall–Kier alpha value is -1.98. The van der Waals surface area contributed by atoms with Crippen molar-refractivity contribution in [3.63, 3.8) is 0 Å². The molecule has 1 aromatic rings. The van der Waals surface area contributed by atoms with Crippen LogP contribution in [0.5, 0.6) is 0 Å². The predicted molar refractivity (Wildman–Crippen MR) is 70.1 cm³/mol. The van der Waals surface area contributed by atoms with Crippen LogP contribution in [-0.4, -0.2) is 23.4 Å². The van der Waals surface area contributed by atoms with E-state index >= 15 is 0 Å². The third-order valence-corrected chi connectivity index (χ3v) is 3.37. The highest BCUT2D eigenvalue weighted by Crippen LogP contribution is 2.31. The van der Waals surface area contributed by atoms with Crippen LogP contribution in [0.4, 0.5) is 14.5 Å². The molecule has 20 heavy (non-hydrogen) atoms. The van der Waals surface area contributed by atoms with Crippen molar-refractivity contribution in [1.82, 2.24) is 5.32 Å². The third kappa shape index (κ3) is 2.15. The molecule has 1 unspecified atom stereocenters. The van der Waals surface area contributed by atoms with Crippen molar-refractivity contribution in [2.45, 2.75) is 38.8 Å². The van der Waals surface area contributed by atoms with Crippen LogP contribution in [0, 0.1) is 11.6 Å². The van der Waals surface area contributed by atoms with Gasteiger partial charge in [0.2, 0.25) is 5.91 Å². The predicted octanol–water partition coefficient (Wildman–Crippen LogP) is 1.98. The summed E-state index contributed by atoms with van der Waals surface area (Å²) >= 11 is 0. The molecule has 6 heteroatoms. The molecule has 0 radical (unpaired) electrons. The summed E-state index contributed by atoms with van der Waals surface area (Å²) in [4.78, 5) is 25.4. The first-order chi connectivity index (χ1) is 9.29. The fourth-order valence-corrected chi connectivity index (χ4v) is 2.35. The van der Waals surface area contributed by atoms with Crippen LogP contribution in [0.25, 0.3) is 0 Å². The van der Waals surface area contributed by atoms with Gasteiger partial charge in [-0.15, -0.1) is 0 Å². The van der Waals surface area contributed by atoms with Gasteiger partial charge < -0.3 is 5.32 Å². The van der Waals surface area contributed by atoms with Crippen LogP contribution in [0.3, 0.4) is 0 Å². The Morgan fingerprint density at radius 2 is 1.80 bits per heavy atom. The van der Waals surface area contributed by atoms with E-state index in [4.69, 9.17) is 0 Å². The molecule has 1 aromatic carbocycles. The minimum Gasteiger partial charge on any atom is -0.340 e. The van der Waals surface area contributed by atoms with Gasteiger partial charge in [-0.2, -0.15) is 0 Å². The molecule has 1 aliphatic heterocycles. The van der Waals surface area contributed by atoms with Crippen LogP contribution in [0.2, 0.25) is 0 Å². The Balaban J connectivity index is 2.60. The van der Waals surface area contributed by atoms with Gasteiger partial charge in [0.05, 0.1) is 0 Å². The lowest BCUT2D eigenvalue weighted by Gasteiger charge is -2.42. The largest absolute Gasteiger partial charge is 0.340 e. The third-order valence-electron chi connectivity index (χ3n) is 3.37. The van der Waals surface area contributed by atoms with Crippen molar-refractivity contribution in [2.75, 3.05) is 4.90 Å². The molecule has 0 aromatic heterocycles. The van der Waals surface area contributed by atoms with Crippen molar-refractivity contribution < 1.29 is 18.4 Å². The SMILES string of the molecule is CCC1C(=O)NC(C)(C)C(=O)N1c1c(F)cccc1F. The molecule has 1 atom stereocenters. The summed E-state index contributed by atoms with van der Waals surface area (Å²) in [6, 6.07) is 2.44. The summed E-state index contributed by atoms with van der Waals surface area (Å²) in [6.07, 6.45) is 0.265. The molecule has 4 nitrogen and oxygen atoms in total. The molecule has 1 aliphatic rings. The highest BCUT2D eigenvalue weighted by Gasteiger charge is 2.46. The lowest BCUT2D eigenvalue weighted by Crippen LogP contribution is -2.68. The first-order valence-electron chi connectivity index (χ1n) is 6.39. The number of nitrogens with one attached hydrogen (secondary N) is 1. The second-order valence-corrected chi connectivity index (χ2v) is 5.28. The van der Waals surface area contributed by atoms with E-state index < -0.39 is 40.7 Å². The second kappa shape index (κ2) is 4.85. The molecule has 2 rings (SSSR count). The molecular formula is C14H16F2N2O2. The lowest BCUT2D eigenvalue weighted by atomic mass is 9.95. The number of rotatable bonds is 2. The van der Waals surface area contributed by atoms with Gasteiger partial charge in [-0.1, -0.05) is 13.0 Å². The molecule has 0 bridgehead atoms. The zero-order chi connectivity index (χ0) is 15.1. The Morgan fingerprint density at radius 3 is 2.30 bits per heavy atom. The van der Waals surface area contributed by atoms with Crippen LogP contribution in [-0.2, 0) is 9.59 Å². The summed E-state index contributed by atoms with van der Waals surface area (Å²) in [7, 11) is 0. The average Bonchev–Trinajstić information content (AvgIpc) is 2.34. The molecule has 2 amide bonds. The summed E-state index contributed by atoms with van der Waals surface area (Å²) in [5.74, 6) is -2.67. The quantitative estimate of drug-likeness (QED) is 0.901. The number of anilines is 1. The van der Waals surface area contributed by atoms with Gasteiger partial charge in [0.25, 0.3) is 5.91 Å². The number of piperazine rings is 1. The molecule has 108 valence electrons. The Labute approximate surface area is 115 Å². The fourth-order valence-electron chi connectivity index (χ4n) is 2.35. The van der Waals surface area contributed by atoms with E-state index in [1.165, 1.54) is 19.9 Å². The maximum atomic E-state index is 13.9. The number of hydrogen-bond donors (Lipinski definition) is 1. The maximum absolute atomic E-state index is 13.9. The fraction of sp³-hybridized carbons (Fsp3) is 0.429. The molecule has 1 heterocycles. The molecule has 0 spiro atoms. The first kappa shape index (κ1) is 14.4. The number of carbonyl (C=O) groups is 2. The Kier molecular flexibility index (Phi) is 3.50. The van der Waals surface area contributed by atoms with Crippen LogP contribution >= 0.6 is 0 Å². The minimum absolute atomic E-state index is 0.265. The summed E-state index contributed by atoms with van der Waals surface area (Å²) in [5.41, 5.74) is -1.66. The van der Waals surface area contributed by atoms with E-state index in [1.54, 1.807) is 6.92 Å². The minimum atomic E-state index is -1.20. The lowest BCUT2D eigenvalue weighted by molar-refractivity contribution is -0.137.